The van der Waals surface area contributed by atoms with Crippen molar-refractivity contribution in [1.29, 1.82) is 0 Å². The fourth-order valence-electron chi connectivity index (χ4n) is 4.19. The molecule has 3 heterocycles. The molecule has 4 rings (SSSR count). The van der Waals surface area contributed by atoms with Gasteiger partial charge in [0.05, 0.1) is 23.5 Å². The van der Waals surface area contributed by atoms with E-state index >= 15 is 0 Å². The molecule has 184 valence electrons. The number of aromatic nitrogens is 4. The Morgan fingerprint density at radius 3 is 2.46 bits per heavy atom. The summed E-state index contributed by atoms with van der Waals surface area (Å²) in [5.41, 5.74) is 4.22. The number of pyridine rings is 1. The predicted octanol–water partition coefficient (Wildman–Crippen LogP) is 4.23. The Kier molecular flexibility index (Phi) is 7.85. The van der Waals surface area contributed by atoms with Gasteiger partial charge < -0.3 is 9.64 Å². The minimum absolute atomic E-state index is 0.0393. The van der Waals surface area contributed by atoms with Crippen LogP contribution in [0.4, 0.5) is 0 Å². The zero-order chi connectivity index (χ0) is 24.9. The van der Waals surface area contributed by atoms with E-state index in [0.29, 0.717) is 43.5 Å². The number of piperidine rings is 1. The molecule has 0 radical (unpaired) electrons. The Bertz CT molecular complexity index is 1190. The Morgan fingerprint density at radius 2 is 1.80 bits per heavy atom. The highest BCUT2D eigenvalue weighted by molar-refractivity contribution is 8.00. The normalized spacial score (nSPS) is 15.1. The van der Waals surface area contributed by atoms with E-state index in [1.807, 2.05) is 41.5 Å². The summed E-state index contributed by atoms with van der Waals surface area (Å²) in [7, 11) is 0. The Balaban J connectivity index is 1.55. The molecular formula is C26H31N5O3S. The second kappa shape index (κ2) is 11.0. The fraction of sp³-hybridized carbons (Fsp3) is 0.423. The van der Waals surface area contributed by atoms with Crippen molar-refractivity contribution in [1.82, 2.24) is 24.6 Å². The second-order valence-corrected chi connectivity index (χ2v) is 10.1. The van der Waals surface area contributed by atoms with E-state index in [-0.39, 0.29) is 23.0 Å². The van der Waals surface area contributed by atoms with Gasteiger partial charge in [0.15, 0.2) is 11.0 Å². The molecule has 1 atom stereocenters. The lowest BCUT2D eigenvalue weighted by Gasteiger charge is -2.32. The predicted molar refractivity (Wildman–Crippen MR) is 135 cm³/mol. The number of nitrogens with zero attached hydrogens (tertiary/aromatic N) is 5. The first kappa shape index (κ1) is 24.9. The van der Waals surface area contributed by atoms with Gasteiger partial charge in [-0.05, 0) is 75.9 Å². The SMILES string of the molecule is CCOC(=O)C1CCN(C(=O)C(C)Sc2nnc(-c3ccncc3)n2-c2ccc(C)c(C)c2)CC1. The van der Waals surface area contributed by atoms with Gasteiger partial charge in [-0.15, -0.1) is 10.2 Å². The number of amides is 1. The van der Waals surface area contributed by atoms with E-state index in [0.717, 1.165) is 11.3 Å². The molecule has 8 nitrogen and oxygen atoms in total. The first-order valence-electron chi connectivity index (χ1n) is 11.9. The topological polar surface area (TPSA) is 90.2 Å². The third-order valence-electron chi connectivity index (χ3n) is 6.38. The number of esters is 1. The highest BCUT2D eigenvalue weighted by Crippen LogP contribution is 2.32. The molecule has 0 saturated carbocycles. The average Bonchev–Trinajstić information content (AvgIpc) is 3.29. The molecule has 0 aliphatic carbocycles. The molecule has 1 amide bonds. The van der Waals surface area contributed by atoms with E-state index in [1.54, 1.807) is 12.4 Å². The number of thioether (sulfide) groups is 1. The van der Waals surface area contributed by atoms with Crippen LogP contribution in [-0.4, -0.2) is 61.5 Å². The number of hydrogen-bond donors (Lipinski definition) is 0. The first-order chi connectivity index (χ1) is 16.9. The van der Waals surface area contributed by atoms with Gasteiger partial charge in [0.1, 0.15) is 0 Å². The van der Waals surface area contributed by atoms with Gasteiger partial charge in [0.25, 0.3) is 0 Å². The minimum atomic E-state index is -0.353. The maximum Gasteiger partial charge on any atom is 0.309 e. The van der Waals surface area contributed by atoms with Crippen LogP contribution in [0.5, 0.6) is 0 Å². The second-order valence-electron chi connectivity index (χ2n) is 8.76. The van der Waals surface area contributed by atoms with Gasteiger partial charge in [0, 0.05) is 31.0 Å². The zero-order valence-electron chi connectivity index (χ0n) is 20.6. The molecule has 9 heteroatoms. The van der Waals surface area contributed by atoms with Crippen LogP contribution >= 0.6 is 11.8 Å². The lowest BCUT2D eigenvalue weighted by Crippen LogP contribution is -2.43. The van der Waals surface area contributed by atoms with Crippen molar-refractivity contribution in [3.8, 4) is 17.1 Å². The molecule has 35 heavy (non-hydrogen) atoms. The van der Waals surface area contributed by atoms with Gasteiger partial charge in [-0.2, -0.15) is 0 Å². The van der Waals surface area contributed by atoms with Gasteiger partial charge >= 0.3 is 5.97 Å². The fourth-order valence-corrected chi connectivity index (χ4v) is 5.14. The number of carbonyl (C=O) groups is 2. The van der Waals surface area contributed by atoms with Crippen LogP contribution in [0, 0.1) is 19.8 Å². The third kappa shape index (κ3) is 5.56. The van der Waals surface area contributed by atoms with Crippen LogP contribution in [-0.2, 0) is 14.3 Å². The molecule has 1 aliphatic heterocycles. The number of hydrogen-bond acceptors (Lipinski definition) is 7. The number of ether oxygens (including phenoxy) is 1. The monoisotopic (exact) mass is 493 g/mol. The molecule has 1 aliphatic rings. The van der Waals surface area contributed by atoms with Crippen LogP contribution < -0.4 is 0 Å². The average molecular weight is 494 g/mol. The van der Waals surface area contributed by atoms with E-state index in [1.165, 1.54) is 22.9 Å². The Labute approximate surface area is 210 Å². The smallest absolute Gasteiger partial charge is 0.309 e. The van der Waals surface area contributed by atoms with Gasteiger partial charge in [-0.1, -0.05) is 17.8 Å². The van der Waals surface area contributed by atoms with Crippen molar-refractivity contribution in [3.63, 3.8) is 0 Å². The number of benzene rings is 1. The molecule has 0 spiro atoms. The van der Waals surface area contributed by atoms with Crippen molar-refractivity contribution < 1.29 is 14.3 Å². The number of aryl methyl sites for hydroxylation is 2. The summed E-state index contributed by atoms with van der Waals surface area (Å²) >= 11 is 1.40. The van der Waals surface area contributed by atoms with Crippen LogP contribution in [0.2, 0.25) is 0 Å². The highest BCUT2D eigenvalue weighted by Gasteiger charge is 2.31. The quantitative estimate of drug-likeness (QED) is 0.359. The zero-order valence-corrected chi connectivity index (χ0v) is 21.4. The lowest BCUT2D eigenvalue weighted by molar-refractivity contribution is -0.151. The van der Waals surface area contributed by atoms with Crippen molar-refractivity contribution in [2.75, 3.05) is 19.7 Å². The lowest BCUT2D eigenvalue weighted by atomic mass is 9.97. The third-order valence-corrected chi connectivity index (χ3v) is 7.41. The largest absolute Gasteiger partial charge is 0.466 e. The van der Waals surface area contributed by atoms with Gasteiger partial charge in [0.2, 0.25) is 5.91 Å². The molecule has 0 bridgehead atoms. The molecule has 0 N–H and O–H groups in total. The summed E-state index contributed by atoms with van der Waals surface area (Å²) in [6.45, 7) is 9.36. The summed E-state index contributed by atoms with van der Waals surface area (Å²) in [5, 5.41) is 9.24. The Hall–Kier alpha value is -3.20. The summed E-state index contributed by atoms with van der Waals surface area (Å²) in [5.74, 6) is 0.454. The maximum absolute atomic E-state index is 13.3. The molecule has 1 aromatic carbocycles. The van der Waals surface area contributed by atoms with Crippen LogP contribution in [0.1, 0.15) is 37.8 Å². The molecule has 2 aromatic heterocycles. The van der Waals surface area contributed by atoms with Crippen molar-refractivity contribution in [2.24, 2.45) is 5.92 Å². The minimum Gasteiger partial charge on any atom is -0.466 e. The summed E-state index contributed by atoms with van der Waals surface area (Å²) < 4.78 is 7.15. The number of likely N-dealkylation sites (tertiary alicyclic amines) is 1. The van der Waals surface area contributed by atoms with Crippen molar-refractivity contribution >= 4 is 23.6 Å². The number of carbonyl (C=O) groups excluding carboxylic acids is 2. The number of rotatable bonds is 7. The first-order valence-corrected chi connectivity index (χ1v) is 12.8. The van der Waals surface area contributed by atoms with Crippen LogP contribution in [0.15, 0.2) is 47.9 Å². The standard InChI is InChI=1S/C26H31N5O3S/c1-5-34-25(33)21-10-14-30(15-11-21)24(32)19(4)35-26-29-28-23(20-8-12-27-13-9-20)31(26)22-7-6-17(2)18(3)16-22/h6-9,12-13,16,19,21H,5,10-11,14-15H2,1-4H3. The maximum atomic E-state index is 13.3. The van der Waals surface area contributed by atoms with Gasteiger partial charge in [-0.25, -0.2) is 0 Å². The molecular weight excluding hydrogens is 462 g/mol. The van der Waals surface area contributed by atoms with E-state index < -0.39 is 0 Å². The van der Waals surface area contributed by atoms with Gasteiger partial charge in [-0.3, -0.25) is 19.1 Å². The summed E-state index contributed by atoms with van der Waals surface area (Å²) in [6.07, 6.45) is 4.72. The molecule has 1 saturated heterocycles. The van der Waals surface area contributed by atoms with Crippen molar-refractivity contribution in [3.05, 3.63) is 53.9 Å². The molecule has 1 unspecified atom stereocenters. The summed E-state index contributed by atoms with van der Waals surface area (Å²) in [4.78, 5) is 31.2. The van der Waals surface area contributed by atoms with Crippen LogP contribution in [0.25, 0.3) is 17.1 Å². The summed E-state index contributed by atoms with van der Waals surface area (Å²) in [6, 6.07) is 10.0. The van der Waals surface area contributed by atoms with Crippen molar-refractivity contribution in [2.45, 2.75) is 50.9 Å². The van der Waals surface area contributed by atoms with E-state index in [2.05, 4.69) is 41.2 Å². The van der Waals surface area contributed by atoms with E-state index in [4.69, 9.17) is 4.74 Å². The Morgan fingerprint density at radius 1 is 1.09 bits per heavy atom. The molecule has 1 fully saturated rings. The van der Waals surface area contributed by atoms with Crippen LogP contribution in [0.3, 0.4) is 0 Å². The molecule has 3 aromatic rings. The van der Waals surface area contributed by atoms with E-state index in [9.17, 15) is 9.59 Å². The highest BCUT2D eigenvalue weighted by atomic mass is 32.2.